The van der Waals surface area contributed by atoms with Gasteiger partial charge in [0, 0.05) is 0 Å². The predicted molar refractivity (Wildman–Crippen MR) is 69.9 cm³/mol. The van der Waals surface area contributed by atoms with Gasteiger partial charge in [-0.05, 0) is 27.7 Å². The van der Waals surface area contributed by atoms with Gasteiger partial charge in [0.2, 0.25) is 5.82 Å². The highest BCUT2D eigenvalue weighted by Gasteiger charge is 2.57. The molecule has 1 aromatic carbocycles. The molecular weight excluding hydrogens is 332 g/mol. The summed E-state index contributed by atoms with van der Waals surface area (Å²) in [5.74, 6) is -8.50. The molecule has 0 atom stereocenters. The molecule has 0 unspecified atom stereocenters. The van der Waals surface area contributed by atoms with E-state index in [0.29, 0.717) is 10.1 Å². The Morgan fingerprint density at radius 2 is 1.25 bits per heavy atom. The Labute approximate surface area is 133 Å². The maximum Gasteiger partial charge on any atom is 0.202 e. The van der Waals surface area contributed by atoms with E-state index in [1.54, 1.807) is 27.7 Å². The van der Waals surface area contributed by atoms with Gasteiger partial charge in [0.05, 0.1) is 11.1 Å². The van der Waals surface area contributed by atoms with Crippen LogP contribution in [0.15, 0.2) is 21.6 Å². The van der Waals surface area contributed by atoms with Crippen molar-refractivity contribution < 1.29 is 28.0 Å². The summed E-state index contributed by atoms with van der Waals surface area (Å²) >= 11 is 0. The third-order valence-electron chi connectivity index (χ3n) is 4.78. The highest BCUT2D eigenvalue weighted by atomic mass is 19.2. The molecule has 1 fully saturated rings. The first-order chi connectivity index (χ1) is 10.9. The lowest BCUT2D eigenvalue weighted by Gasteiger charge is -2.36. The van der Waals surface area contributed by atoms with Crippen molar-refractivity contribution in [3.63, 3.8) is 0 Å². The van der Waals surface area contributed by atoms with E-state index in [-0.39, 0.29) is 0 Å². The van der Waals surface area contributed by atoms with Crippen molar-refractivity contribution in [3.8, 4) is 0 Å². The Morgan fingerprint density at radius 1 is 0.833 bits per heavy atom. The van der Waals surface area contributed by atoms with Gasteiger partial charge >= 0.3 is 0 Å². The van der Waals surface area contributed by atoms with Crippen LogP contribution in [0.4, 0.5) is 17.6 Å². The van der Waals surface area contributed by atoms with Gasteiger partial charge in [0.1, 0.15) is 10.7 Å². The summed E-state index contributed by atoms with van der Waals surface area (Å²) in [6.07, 6.45) is 0. The molecule has 3 rings (SSSR count). The fraction of sp³-hybridized carbons (Fsp3) is 0.429. The Bertz CT molecular complexity index is 840. The molecule has 0 spiro atoms. The number of nitrogens with zero attached hydrogens (tertiary/aromatic N) is 4. The SMILES string of the molecule is CC1(C)N([O])C(=C2N=c3c(F)c(F)c(F)c(F)c3=N2)N(O)C1(C)C. The molecule has 0 amide bonds. The van der Waals surface area contributed by atoms with Crippen LogP contribution in [0, 0.1) is 23.3 Å². The van der Waals surface area contributed by atoms with E-state index in [9.17, 15) is 28.0 Å². The summed E-state index contributed by atoms with van der Waals surface area (Å²) in [5.41, 5.74) is -2.23. The van der Waals surface area contributed by atoms with Crippen molar-refractivity contribution in [3.05, 3.63) is 45.6 Å². The van der Waals surface area contributed by atoms with Crippen LogP contribution in [-0.2, 0) is 5.21 Å². The first-order valence-corrected chi connectivity index (χ1v) is 6.93. The summed E-state index contributed by atoms with van der Waals surface area (Å²) in [6.45, 7) is 6.21. The number of hydroxylamine groups is 4. The molecular formula is C14H13F4N4O2. The largest absolute Gasteiger partial charge is 0.286 e. The van der Waals surface area contributed by atoms with Crippen molar-refractivity contribution in [2.45, 2.75) is 38.8 Å². The molecule has 1 radical (unpaired) electrons. The number of benzene rings is 1. The molecule has 0 aromatic heterocycles. The van der Waals surface area contributed by atoms with Crippen molar-refractivity contribution in [1.82, 2.24) is 10.1 Å². The van der Waals surface area contributed by atoms with Gasteiger partial charge in [0.25, 0.3) is 0 Å². The molecule has 0 saturated carbocycles. The highest BCUT2D eigenvalue weighted by Crippen LogP contribution is 2.44. The molecule has 2 aliphatic heterocycles. The normalized spacial score (nSPS) is 21.1. The lowest BCUT2D eigenvalue weighted by molar-refractivity contribution is -0.182. The number of hydrogen-bond acceptors (Lipinski definition) is 5. The van der Waals surface area contributed by atoms with E-state index in [0.717, 1.165) is 0 Å². The second-order valence-corrected chi connectivity index (χ2v) is 6.55. The van der Waals surface area contributed by atoms with Crippen molar-refractivity contribution in [2.24, 2.45) is 9.98 Å². The number of fused-ring (bicyclic) bond motifs is 1. The zero-order chi connectivity index (χ0) is 18.2. The minimum atomic E-state index is -2.02. The van der Waals surface area contributed by atoms with Crippen LogP contribution < -0.4 is 10.7 Å². The molecule has 10 heteroatoms. The lowest BCUT2D eigenvalue weighted by Crippen LogP contribution is -2.52. The number of hydrogen-bond donors (Lipinski definition) is 1. The molecule has 0 bridgehead atoms. The minimum absolute atomic E-state index is 0.393. The van der Waals surface area contributed by atoms with E-state index < -0.39 is 56.7 Å². The van der Waals surface area contributed by atoms with Gasteiger partial charge in [0.15, 0.2) is 29.1 Å². The van der Waals surface area contributed by atoms with Gasteiger partial charge < -0.3 is 0 Å². The van der Waals surface area contributed by atoms with Crippen molar-refractivity contribution >= 4 is 0 Å². The maximum atomic E-state index is 13.8. The summed E-state index contributed by atoms with van der Waals surface area (Å²) in [6, 6.07) is 0. The first kappa shape index (κ1) is 16.7. The lowest BCUT2D eigenvalue weighted by atomic mass is 9.84. The first-order valence-electron chi connectivity index (χ1n) is 6.93. The Morgan fingerprint density at radius 3 is 1.58 bits per heavy atom. The summed E-state index contributed by atoms with van der Waals surface area (Å²) < 4.78 is 54.2. The molecule has 1 N–H and O–H groups in total. The van der Waals surface area contributed by atoms with Crippen molar-refractivity contribution in [2.75, 3.05) is 0 Å². The molecule has 1 aromatic rings. The van der Waals surface area contributed by atoms with Crippen LogP contribution >= 0.6 is 0 Å². The third-order valence-corrected chi connectivity index (χ3v) is 4.78. The number of halogens is 4. The van der Waals surface area contributed by atoms with Gasteiger partial charge in [-0.1, -0.05) is 5.21 Å². The fourth-order valence-corrected chi connectivity index (χ4v) is 2.46. The third kappa shape index (κ3) is 1.77. The Hall–Kier alpha value is -2.20. The average Bonchev–Trinajstić information content (AvgIpc) is 2.99. The Balaban J connectivity index is 2.33. The number of rotatable bonds is 0. The topological polar surface area (TPSA) is 71.3 Å². The molecule has 24 heavy (non-hydrogen) atoms. The van der Waals surface area contributed by atoms with Crippen LogP contribution in [0.3, 0.4) is 0 Å². The molecule has 6 nitrogen and oxygen atoms in total. The van der Waals surface area contributed by atoms with Crippen LogP contribution in [0.5, 0.6) is 0 Å². The van der Waals surface area contributed by atoms with Crippen LogP contribution in [-0.4, -0.2) is 26.4 Å². The predicted octanol–water partition coefficient (Wildman–Crippen LogP) is 1.53. The van der Waals surface area contributed by atoms with Crippen molar-refractivity contribution in [1.29, 1.82) is 0 Å². The van der Waals surface area contributed by atoms with Crippen LogP contribution in [0.2, 0.25) is 0 Å². The van der Waals surface area contributed by atoms with E-state index >= 15 is 0 Å². The Kier molecular flexibility index (Phi) is 3.24. The summed E-state index contributed by atoms with van der Waals surface area (Å²) in [7, 11) is 0. The zero-order valence-corrected chi connectivity index (χ0v) is 13.2. The summed E-state index contributed by atoms with van der Waals surface area (Å²) in [5, 5.41) is 22.0. The van der Waals surface area contributed by atoms with Crippen LogP contribution in [0.25, 0.3) is 0 Å². The van der Waals surface area contributed by atoms with Crippen LogP contribution in [0.1, 0.15) is 27.7 Å². The monoisotopic (exact) mass is 345 g/mol. The second-order valence-electron chi connectivity index (χ2n) is 6.55. The van der Waals surface area contributed by atoms with Gasteiger partial charge in [-0.25, -0.2) is 32.6 Å². The minimum Gasteiger partial charge on any atom is -0.286 e. The molecule has 129 valence electrons. The molecule has 2 heterocycles. The van der Waals surface area contributed by atoms with E-state index in [1.165, 1.54) is 0 Å². The maximum absolute atomic E-state index is 13.8. The quantitative estimate of drug-likeness (QED) is 0.440. The highest BCUT2D eigenvalue weighted by molar-refractivity contribution is 5.25. The van der Waals surface area contributed by atoms with E-state index in [2.05, 4.69) is 9.98 Å². The standard InChI is InChI=1S/C14H13F4N4O2/c1-13(2)14(3,4)22(24)12(21(13)23)11-19-9-7(17)5(15)6(16)8(18)10(9)20-11/h23H,1-4H3. The smallest absolute Gasteiger partial charge is 0.202 e. The van der Waals surface area contributed by atoms with Gasteiger partial charge in [-0.2, -0.15) is 5.06 Å². The fourth-order valence-electron chi connectivity index (χ4n) is 2.46. The average molecular weight is 345 g/mol. The van der Waals surface area contributed by atoms with E-state index in [4.69, 9.17) is 0 Å². The van der Waals surface area contributed by atoms with Gasteiger partial charge in [-0.15, -0.1) is 0 Å². The van der Waals surface area contributed by atoms with Gasteiger partial charge in [-0.3, -0.25) is 5.21 Å². The molecule has 0 aliphatic carbocycles. The molecule has 2 aliphatic rings. The zero-order valence-electron chi connectivity index (χ0n) is 13.2. The van der Waals surface area contributed by atoms with E-state index in [1.807, 2.05) is 0 Å². The summed E-state index contributed by atoms with van der Waals surface area (Å²) in [4.78, 5) is 7.15. The molecule has 1 saturated heterocycles. The second kappa shape index (κ2) is 4.67.